The van der Waals surface area contributed by atoms with Crippen molar-refractivity contribution in [2.45, 2.75) is 37.7 Å². The number of furan rings is 1. The number of nitrogens with zero attached hydrogens (tertiary/aromatic N) is 2. The molecule has 0 radical (unpaired) electrons. The molecule has 1 N–H and O–H groups in total. The zero-order valence-electron chi connectivity index (χ0n) is 17.5. The van der Waals surface area contributed by atoms with Gasteiger partial charge in [0, 0.05) is 25.6 Å². The van der Waals surface area contributed by atoms with Gasteiger partial charge in [0.25, 0.3) is 5.91 Å². The zero-order chi connectivity index (χ0) is 23.3. The largest absolute Gasteiger partial charge is 0.490 e. The number of halogens is 3. The fourth-order valence-corrected chi connectivity index (χ4v) is 4.74. The molecule has 2 saturated heterocycles. The van der Waals surface area contributed by atoms with Crippen molar-refractivity contribution < 1.29 is 37.0 Å². The summed E-state index contributed by atoms with van der Waals surface area (Å²) >= 11 is 1.52. The predicted molar refractivity (Wildman–Crippen MR) is 110 cm³/mol. The molecule has 4 rings (SSSR count). The third-order valence-electron chi connectivity index (χ3n) is 5.55. The minimum Gasteiger partial charge on any atom is -0.475 e. The van der Waals surface area contributed by atoms with Crippen LogP contribution in [0.5, 0.6) is 0 Å². The van der Waals surface area contributed by atoms with Crippen molar-refractivity contribution in [2.75, 3.05) is 26.7 Å². The first-order valence-electron chi connectivity index (χ1n) is 10.1. The Balaban J connectivity index is 0.000000360. The van der Waals surface area contributed by atoms with Crippen molar-refractivity contribution in [2.24, 2.45) is 5.92 Å². The number of thiophene rings is 1. The topological polar surface area (TPSA) is 83.2 Å². The Labute approximate surface area is 187 Å². The summed E-state index contributed by atoms with van der Waals surface area (Å²) in [6.45, 7) is 3.05. The lowest BCUT2D eigenvalue weighted by molar-refractivity contribution is -0.192. The maximum absolute atomic E-state index is 12.9. The Kier molecular flexibility index (Phi) is 7.96. The second kappa shape index (κ2) is 10.5. The summed E-state index contributed by atoms with van der Waals surface area (Å²) in [4.78, 5) is 26.9. The van der Waals surface area contributed by atoms with E-state index in [0.29, 0.717) is 12.5 Å². The summed E-state index contributed by atoms with van der Waals surface area (Å²) < 4.78 is 43.4. The number of piperidine rings is 1. The van der Waals surface area contributed by atoms with E-state index in [-0.39, 0.29) is 18.1 Å². The highest BCUT2D eigenvalue weighted by molar-refractivity contribution is 7.12. The van der Waals surface area contributed by atoms with Crippen LogP contribution >= 0.6 is 11.3 Å². The van der Waals surface area contributed by atoms with Gasteiger partial charge in [-0.15, -0.1) is 11.3 Å². The minimum atomic E-state index is -5.08. The van der Waals surface area contributed by atoms with Crippen LogP contribution in [-0.4, -0.2) is 71.8 Å². The van der Waals surface area contributed by atoms with Gasteiger partial charge in [0.05, 0.1) is 29.8 Å². The number of rotatable bonds is 4. The summed E-state index contributed by atoms with van der Waals surface area (Å²) in [7, 11) is 2.10. The van der Waals surface area contributed by atoms with Gasteiger partial charge in [0.1, 0.15) is 5.76 Å². The van der Waals surface area contributed by atoms with Crippen LogP contribution < -0.4 is 0 Å². The fourth-order valence-electron chi connectivity index (χ4n) is 4.05. The SMILES string of the molecule is CN(Cc1ccco1)[C@@H]1CN(C(=O)c2cccs2)C[C@@H]2CCCO[C@@H]21.O=C(O)C(F)(F)F. The van der Waals surface area contributed by atoms with Gasteiger partial charge >= 0.3 is 12.1 Å². The van der Waals surface area contributed by atoms with E-state index < -0.39 is 12.1 Å². The summed E-state index contributed by atoms with van der Waals surface area (Å²) in [5, 5.41) is 9.09. The molecule has 0 unspecified atom stereocenters. The summed E-state index contributed by atoms with van der Waals surface area (Å²) in [6, 6.07) is 7.95. The lowest BCUT2D eigenvalue weighted by atomic mass is 9.84. The molecular weight excluding hydrogens is 449 g/mol. The number of ether oxygens (including phenoxy) is 1. The first-order valence-corrected chi connectivity index (χ1v) is 11.0. The molecule has 3 atom stereocenters. The highest BCUT2D eigenvalue weighted by Gasteiger charge is 2.42. The van der Waals surface area contributed by atoms with E-state index in [1.807, 2.05) is 34.5 Å². The number of carbonyl (C=O) groups excluding carboxylic acids is 1. The summed E-state index contributed by atoms with van der Waals surface area (Å²) in [5.74, 6) is -1.25. The number of hydrogen-bond acceptors (Lipinski definition) is 6. The standard InChI is InChI=1S/C19H24N2O3S.C2HF3O2/c1-20(12-15-6-3-8-23-15)16-13-21(19(22)17-7-4-10-25-17)11-14-5-2-9-24-18(14)16;3-2(4,5)1(6)7/h3-4,6-8,10,14,16,18H,2,5,9,11-13H2,1H3;(H,6,7)/t14-,16+,18-;/m0./s1. The summed E-state index contributed by atoms with van der Waals surface area (Å²) in [6.07, 6.45) is -0.974. The number of aliphatic carboxylic acids is 1. The predicted octanol–water partition coefficient (Wildman–Crippen LogP) is 3.73. The van der Waals surface area contributed by atoms with Gasteiger partial charge in [-0.05, 0) is 43.5 Å². The van der Waals surface area contributed by atoms with E-state index in [0.717, 1.165) is 43.2 Å². The average Bonchev–Trinajstić information content (AvgIpc) is 3.46. The van der Waals surface area contributed by atoms with Crippen LogP contribution in [0.4, 0.5) is 13.2 Å². The molecule has 2 aromatic rings. The molecule has 11 heteroatoms. The van der Waals surface area contributed by atoms with Crippen LogP contribution in [0.25, 0.3) is 0 Å². The Morgan fingerprint density at radius 2 is 2.03 bits per heavy atom. The van der Waals surface area contributed by atoms with Crippen LogP contribution in [-0.2, 0) is 16.1 Å². The molecule has 4 heterocycles. The van der Waals surface area contributed by atoms with Gasteiger partial charge in [-0.2, -0.15) is 13.2 Å². The van der Waals surface area contributed by atoms with Crippen molar-refractivity contribution in [1.82, 2.24) is 9.80 Å². The van der Waals surface area contributed by atoms with Crippen LogP contribution in [0.15, 0.2) is 40.3 Å². The van der Waals surface area contributed by atoms with Gasteiger partial charge in [-0.25, -0.2) is 4.79 Å². The molecule has 2 aliphatic heterocycles. The molecule has 0 saturated carbocycles. The second-order valence-electron chi connectivity index (χ2n) is 7.79. The number of carboxylic acid groups (broad SMARTS) is 1. The monoisotopic (exact) mass is 474 g/mol. The fraction of sp³-hybridized carbons (Fsp3) is 0.524. The molecule has 2 fully saturated rings. The second-order valence-corrected chi connectivity index (χ2v) is 8.74. The maximum Gasteiger partial charge on any atom is 0.490 e. The van der Waals surface area contributed by atoms with Crippen molar-refractivity contribution in [3.05, 3.63) is 46.5 Å². The van der Waals surface area contributed by atoms with E-state index in [1.165, 1.54) is 11.3 Å². The molecular formula is C21H25F3N2O5S. The van der Waals surface area contributed by atoms with Crippen molar-refractivity contribution in [3.8, 4) is 0 Å². The van der Waals surface area contributed by atoms with Gasteiger partial charge < -0.3 is 19.2 Å². The number of likely N-dealkylation sites (tertiary alicyclic amines) is 1. The Hall–Kier alpha value is -2.37. The smallest absolute Gasteiger partial charge is 0.475 e. The number of amides is 1. The molecule has 176 valence electrons. The first kappa shape index (κ1) is 24.3. The molecule has 2 aromatic heterocycles. The maximum atomic E-state index is 12.9. The minimum absolute atomic E-state index is 0.149. The third kappa shape index (κ3) is 6.11. The van der Waals surface area contributed by atoms with Crippen molar-refractivity contribution >= 4 is 23.2 Å². The Morgan fingerprint density at radius 3 is 2.62 bits per heavy atom. The van der Waals surface area contributed by atoms with Crippen molar-refractivity contribution in [1.29, 1.82) is 0 Å². The van der Waals surface area contributed by atoms with E-state index in [2.05, 4.69) is 11.9 Å². The van der Waals surface area contributed by atoms with Crippen LogP contribution in [0, 0.1) is 5.92 Å². The molecule has 0 spiro atoms. The van der Waals surface area contributed by atoms with E-state index >= 15 is 0 Å². The van der Waals surface area contributed by atoms with Crippen LogP contribution in [0.3, 0.4) is 0 Å². The van der Waals surface area contributed by atoms with Gasteiger partial charge in [0.15, 0.2) is 0 Å². The molecule has 0 aliphatic carbocycles. The zero-order valence-corrected chi connectivity index (χ0v) is 18.3. The van der Waals surface area contributed by atoms with Gasteiger partial charge in [-0.3, -0.25) is 9.69 Å². The van der Waals surface area contributed by atoms with Crippen molar-refractivity contribution in [3.63, 3.8) is 0 Å². The Bertz CT molecular complexity index is 873. The quantitative estimate of drug-likeness (QED) is 0.727. The number of likely N-dealkylation sites (N-methyl/N-ethyl adjacent to an activating group) is 1. The van der Waals surface area contributed by atoms with E-state index in [1.54, 1.807) is 6.26 Å². The van der Waals surface area contributed by atoms with Crippen LogP contribution in [0.1, 0.15) is 28.3 Å². The number of alkyl halides is 3. The Morgan fingerprint density at radius 1 is 1.28 bits per heavy atom. The first-order chi connectivity index (χ1) is 15.2. The lowest BCUT2D eigenvalue weighted by Gasteiger charge is -2.48. The highest BCUT2D eigenvalue weighted by Crippen LogP contribution is 2.32. The van der Waals surface area contributed by atoms with Gasteiger partial charge in [0.2, 0.25) is 0 Å². The number of carbonyl (C=O) groups is 2. The molecule has 7 nitrogen and oxygen atoms in total. The van der Waals surface area contributed by atoms with Crippen LogP contribution in [0.2, 0.25) is 0 Å². The third-order valence-corrected chi connectivity index (χ3v) is 6.41. The average molecular weight is 475 g/mol. The molecule has 1 amide bonds. The lowest BCUT2D eigenvalue weighted by Crippen LogP contribution is -2.61. The summed E-state index contributed by atoms with van der Waals surface area (Å²) in [5.41, 5.74) is 0. The van der Waals surface area contributed by atoms with Gasteiger partial charge in [-0.1, -0.05) is 6.07 Å². The van der Waals surface area contributed by atoms with E-state index in [9.17, 15) is 18.0 Å². The number of fused-ring (bicyclic) bond motifs is 1. The highest BCUT2D eigenvalue weighted by atomic mass is 32.1. The normalized spacial score (nSPS) is 23.3. The number of hydrogen-bond donors (Lipinski definition) is 1. The molecule has 32 heavy (non-hydrogen) atoms. The number of carboxylic acids is 1. The molecule has 0 bridgehead atoms. The molecule has 0 aromatic carbocycles. The van der Waals surface area contributed by atoms with E-state index in [4.69, 9.17) is 19.1 Å². The molecule has 2 aliphatic rings.